The number of ether oxygens (including phenoxy) is 4. The van der Waals surface area contributed by atoms with E-state index in [1.54, 1.807) is 32.7 Å². The van der Waals surface area contributed by atoms with Crippen molar-refractivity contribution in [2.24, 2.45) is 0 Å². The van der Waals surface area contributed by atoms with Crippen molar-refractivity contribution in [2.45, 2.75) is 30.8 Å². The lowest BCUT2D eigenvalue weighted by molar-refractivity contribution is -0.0756. The summed E-state index contributed by atoms with van der Waals surface area (Å²) in [4.78, 5) is 26.2. The first kappa shape index (κ1) is 31.0. The molecule has 0 saturated carbocycles. The summed E-state index contributed by atoms with van der Waals surface area (Å²) in [5, 5.41) is 2.87. The monoisotopic (exact) mass is 641 g/mol. The summed E-state index contributed by atoms with van der Waals surface area (Å²) in [5.74, 6) is 1.60. The lowest BCUT2D eigenvalue weighted by Crippen LogP contribution is -2.35. The van der Waals surface area contributed by atoms with E-state index in [1.165, 1.54) is 6.33 Å². The first-order valence-electron chi connectivity index (χ1n) is 15.8. The van der Waals surface area contributed by atoms with E-state index in [-0.39, 0.29) is 18.2 Å². The zero-order valence-corrected chi connectivity index (χ0v) is 26.7. The maximum absolute atomic E-state index is 12.8. The van der Waals surface area contributed by atoms with Crippen LogP contribution in [-0.2, 0) is 15.1 Å². The minimum atomic E-state index is -0.942. The van der Waals surface area contributed by atoms with E-state index < -0.39 is 5.60 Å². The van der Waals surface area contributed by atoms with Gasteiger partial charge in [-0.05, 0) is 65.9 Å². The fourth-order valence-electron chi connectivity index (χ4n) is 6.23. The van der Waals surface area contributed by atoms with Crippen molar-refractivity contribution in [2.75, 3.05) is 26.1 Å². The Morgan fingerprint density at radius 1 is 0.792 bits per heavy atom. The van der Waals surface area contributed by atoms with Crippen molar-refractivity contribution in [1.29, 1.82) is 0 Å². The number of anilines is 1. The highest BCUT2D eigenvalue weighted by Crippen LogP contribution is 2.43. The summed E-state index contributed by atoms with van der Waals surface area (Å²) in [6.07, 6.45) is 4.10. The molecule has 7 rings (SSSR count). The molecule has 0 bridgehead atoms. The van der Waals surface area contributed by atoms with Crippen LogP contribution in [0.2, 0.25) is 0 Å². The van der Waals surface area contributed by atoms with Gasteiger partial charge in [0.05, 0.1) is 33.3 Å². The highest BCUT2D eigenvalue weighted by atomic mass is 16.6. The van der Waals surface area contributed by atoms with Crippen LogP contribution in [-0.4, -0.2) is 52.4 Å². The largest absolute Gasteiger partial charge is 0.497 e. The van der Waals surface area contributed by atoms with E-state index in [0.717, 1.165) is 41.0 Å². The average Bonchev–Trinajstić information content (AvgIpc) is 3.81. The predicted molar refractivity (Wildman–Crippen MR) is 181 cm³/mol. The molecule has 1 amide bonds. The number of carbonyl (C=O) groups excluding carboxylic acids is 1. The maximum Gasteiger partial charge on any atom is 0.256 e. The summed E-state index contributed by atoms with van der Waals surface area (Å²) < 4.78 is 26.5. The van der Waals surface area contributed by atoms with Crippen LogP contribution in [0.25, 0.3) is 11.2 Å². The van der Waals surface area contributed by atoms with Crippen LogP contribution in [0.15, 0.2) is 122 Å². The summed E-state index contributed by atoms with van der Waals surface area (Å²) in [7, 11) is 3.31. The summed E-state index contributed by atoms with van der Waals surface area (Å²) >= 11 is 0. The third kappa shape index (κ3) is 5.99. The first-order chi connectivity index (χ1) is 23.6. The average molecular weight is 642 g/mol. The zero-order chi connectivity index (χ0) is 32.9. The van der Waals surface area contributed by atoms with Crippen molar-refractivity contribution in [3.8, 4) is 11.5 Å². The molecule has 10 nitrogen and oxygen atoms in total. The second kappa shape index (κ2) is 13.6. The van der Waals surface area contributed by atoms with E-state index in [4.69, 9.17) is 18.9 Å². The smallest absolute Gasteiger partial charge is 0.256 e. The maximum atomic E-state index is 12.8. The number of methoxy groups -OCH3 is 2. The highest BCUT2D eigenvalue weighted by molar-refractivity contribution is 6.06. The second-order valence-electron chi connectivity index (χ2n) is 11.5. The zero-order valence-electron chi connectivity index (χ0n) is 26.7. The molecule has 0 unspecified atom stereocenters. The van der Waals surface area contributed by atoms with E-state index in [0.29, 0.717) is 29.2 Å². The molecule has 1 saturated heterocycles. The van der Waals surface area contributed by atoms with Crippen LogP contribution in [0.3, 0.4) is 0 Å². The van der Waals surface area contributed by atoms with Crippen LogP contribution in [0, 0.1) is 0 Å². The SMILES string of the molecule is COc1ccc(C(OC[C@@H]2CC[C@H](n3cnc4c(NC(=O)c5ccccc5)ncnc43)O2)(c2ccccc2)c2ccc(OC)cc2)cc1. The molecule has 0 radical (unpaired) electrons. The van der Waals surface area contributed by atoms with Gasteiger partial charge in [0.15, 0.2) is 17.0 Å². The lowest BCUT2D eigenvalue weighted by Gasteiger charge is -2.37. The normalized spacial score (nSPS) is 16.1. The number of rotatable bonds is 11. The first-order valence-corrected chi connectivity index (χ1v) is 15.8. The Bertz CT molecular complexity index is 1930. The molecule has 2 atom stereocenters. The van der Waals surface area contributed by atoms with E-state index in [2.05, 4.69) is 32.4 Å². The number of nitrogens with zero attached hydrogens (tertiary/aromatic N) is 4. The minimum absolute atomic E-state index is 0.203. The molecular weight excluding hydrogens is 606 g/mol. The Labute approximate surface area is 278 Å². The molecule has 4 aromatic carbocycles. The van der Waals surface area contributed by atoms with Crippen LogP contribution in [0.5, 0.6) is 11.5 Å². The molecule has 0 spiro atoms. The van der Waals surface area contributed by atoms with E-state index >= 15 is 0 Å². The molecule has 242 valence electrons. The molecule has 1 fully saturated rings. The Hall–Kier alpha value is -5.58. The number of benzene rings is 4. The molecule has 6 aromatic rings. The standard InChI is InChI=1S/C38H35N5O5/c1-45-30-17-13-28(14-18-30)38(27-11-7-4-8-12-27,29-15-19-31(46-2)20-16-29)47-23-32-21-22-33(48-32)43-25-41-34-35(39-24-40-36(34)43)42-37(44)26-9-5-3-6-10-26/h3-20,24-25,32-33H,21-23H2,1-2H3,(H,39,40,42,44)/t32-,33+/m0/s1. The molecule has 48 heavy (non-hydrogen) atoms. The number of hydrogen-bond donors (Lipinski definition) is 1. The van der Waals surface area contributed by atoms with Gasteiger partial charge in [0, 0.05) is 5.56 Å². The Kier molecular flexibility index (Phi) is 8.82. The van der Waals surface area contributed by atoms with Gasteiger partial charge in [-0.2, -0.15) is 0 Å². The number of fused-ring (bicyclic) bond motifs is 1. The number of hydrogen-bond acceptors (Lipinski definition) is 8. The topological polar surface area (TPSA) is 110 Å². The van der Waals surface area contributed by atoms with Crippen molar-refractivity contribution >= 4 is 22.9 Å². The van der Waals surface area contributed by atoms with Crippen molar-refractivity contribution < 1.29 is 23.7 Å². The third-order valence-corrected chi connectivity index (χ3v) is 8.68. The van der Waals surface area contributed by atoms with Crippen LogP contribution in [0.1, 0.15) is 46.1 Å². The van der Waals surface area contributed by atoms with Gasteiger partial charge >= 0.3 is 0 Å². The molecule has 10 heteroatoms. The van der Waals surface area contributed by atoms with Crippen molar-refractivity contribution in [3.05, 3.63) is 144 Å². The van der Waals surface area contributed by atoms with Gasteiger partial charge in [-0.25, -0.2) is 15.0 Å². The Balaban J connectivity index is 1.15. The molecule has 1 aliphatic rings. The summed E-state index contributed by atoms with van der Waals surface area (Å²) in [6.45, 7) is 0.323. The second-order valence-corrected chi connectivity index (χ2v) is 11.5. The van der Waals surface area contributed by atoms with Crippen molar-refractivity contribution in [1.82, 2.24) is 19.5 Å². The summed E-state index contributed by atoms with van der Waals surface area (Å²) in [6, 6.07) is 35.1. The predicted octanol–water partition coefficient (Wildman–Crippen LogP) is 6.78. The number of nitrogens with one attached hydrogen (secondary N) is 1. The molecule has 1 aliphatic heterocycles. The number of carbonyl (C=O) groups is 1. The van der Waals surface area contributed by atoms with Crippen LogP contribution in [0.4, 0.5) is 5.82 Å². The molecular formula is C38H35N5O5. The Morgan fingerprint density at radius 2 is 1.40 bits per heavy atom. The van der Waals surface area contributed by atoms with Gasteiger partial charge in [-0.15, -0.1) is 0 Å². The fourth-order valence-corrected chi connectivity index (χ4v) is 6.23. The quantitative estimate of drug-likeness (QED) is 0.154. The molecule has 0 aliphatic carbocycles. The number of amides is 1. The van der Waals surface area contributed by atoms with Gasteiger partial charge in [-0.3, -0.25) is 9.36 Å². The number of aromatic nitrogens is 4. The van der Waals surface area contributed by atoms with Crippen molar-refractivity contribution in [3.63, 3.8) is 0 Å². The fraction of sp³-hybridized carbons (Fsp3) is 0.211. The van der Waals surface area contributed by atoms with Gasteiger partial charge in [0.2, 0.25) is 0 Å². The molecule has 1 N–H and O–H groups in total. The molecule has 2 aromatic heterocycles. The van der Waals surface area contributed by atoms with Gasteiger partial charge in [0.1, 0.15) is 29.7 Å². The van der Waals surface area contributed by atoms with Gasteiger partial charge < -0.3 is 24.3 Å². The van der Waals surface area contributed by atoms with E-state index in [9.17, 15) is 4.79 Å². The van der Waals surface area contributed by atoms with E-state index in [1.807, 2.05) is 89.5 Å². The molecule has 3 heterocycles. The van der Waals surface area contributed by atoms with Gasteiger partial charge in [-0.1, -0.05) is 72.8 Å². The third-order valence-electron chi connectivity index (χ3n) is 8.68. The van der Waals surface area contributed by atoms with Gasteiger partial charge in [0.25, 0.3) is 5.91 Å². The lowest BCUT2D eigenvalue weighted by atomic mass is 9.80. The van der Waals surface area contributed by atoms with Crippen LogP contribution < -0.4 is 14.8 Å². The minimum Gasteiger partial charge on any atom is -0.497 e. The van der Waals surface area contributed by atoms with Crippen LogP contribution >= 0.6 is 0 Å². The number of imidazole rings is 1. The Morgan fingerprint density at radius 3 is 2.02 bits per heavy atom. The summed E-state index contributed by atoms with van der Waals surface area (Å²) in [5.41, 5.74) is 3.55. The highest BCUT2D eigenvalue weighted by Gasteiger charge is 2.40.